The summed E-state index contributed by atoms with van der Waals surface area (Å²) in [5.41, 5.74) is 1.52. The van der Waals surface area contributed by atoms with Crippen LogP contribution < -0.4 is 0 Å². The van der Waals surface area contributed by atoms with Crippen LogP contribution in [0.3, 0.4) is 0 Å². The molecule has 0 N–H and O–H groups in total. The minimum atomic E-state index is 0.0558. The summed E-state index contributed by atoms with van der Waals surface area (Å²) in [5, 5.41) is 3.88. The monoisotopic (exact) mass is 204 g/mol. The Bertz CT molecular complexity index is 482. The zero-order valence-electron chi connectivity index (χ0n) is 8.73. The van der Waals surface area contributed by atoms with Gasteiger partial charge in [-0.2, -0.15) is 0 Å². The molecule has 0 saturated carbocycles. The van der Waals surface area contributed by atoms with E-state index in [1.165, 1.54) is 0 Å². The van der Waals surface area contributed by atoms with E-state index in [2.05, 4.69) is 5.16 Å². The fourth-order valence-electron chi connectivity index (χ4n) is 1.54. The highest BCUT2D eigenvalue weighted by Gasteiger charge is 2.07. The van der Waals surface area contributed by atoms with E-state index in [9.17, 15) is 4.79 Å². The number of Topliss-reactive ketones (excluding diaryl/α,β-unsaturated/α-hetero) is 1. The summed E-state index contributed by atoms with van der Waals surface area (Å²) in [5.74, 6) is 0.835. The van der Waals surface area contributed by atoms with Crippen molar-refractivity contribution in [2.75, 3.05) is 0 Å². The van der Waals surface area contributed by atoms with E-state index in [0.717, 1.165) is 11.5 Å². The average Bonchev–Trinajstić information content (AvgIpc) is 2.75. The molecule has 0 unspecified atom stereocenters. The van der Waals surface area contributed by atoms with Crippen molar-refractivity contribution in [1.82, 2.24) is 9.72 Å². The van der Waals surface area contributed by atoms with Gasteiger partial charge in [-0.3, -0.25) is 4.79 Å². The van der Waals surface area contributed by atoms with Crippen LogP contribution in [-0.2, 0) is 6.54 Å². The first-order valence-corrected chi connectivity index (χ1v) is 4.75. The van der Waals surface area contributed by atoms with Gasteiger partial charge in [0.2, 0.25) is 0 Å². The van der Waals surface area contributed by atoms with Crippen molar-refractivity contribution in [2.24, 2.45) is 0 Å². The number of hydrogen-bond donors (Lipinski definition) is 0. The highest BCUT2D eigenvalue weighted by atomic mass is 16.5. The topological polar surface area (TPSA) is 48.0 Å². The smallest absolute Gasteiger partial charge is 0.176 e. The van der Waals surface area contributed by atoms with Crippen LogP contribution in [0.5, 0.6) is 0 Å². The third-order valence-electron chi connectivity index (χ3n) is 2.20. The Kier molecular flexibility index (Phi) is 2.41. The Balaban J connectivity index is 2.24. The van der Waals surface area contributed by atoms with Crippen molar-refractivity contribution in [3.8, 4) is 0 Å². The number of hydrogen-bond acceptors (Lipinski definition) is 3. The number of nitrogens with zero attached hydrogens (tertiary/aromatic N) is 2. The average molecular weight is 204 g/mol. The van der Waals surface area contributed by atoms with Crippen LogP contribution in [-0.4, -0.2) is 15.5 Å². The number of rotatable bonds is 3. The van der Waals surface area contributed by atoms with Gasteiger partial charge in [-0.1, -0.05) is 5.16 Å². The summed E-state index contributed by atoms with van der Waals surface area (Å²) in [6.45, 7) is 3.97. The molecule has 15 heavy (non-hydrogen) atoms. The lowest BCUT2D eigenvalue weighted by Crippen LogP contribution is -2.06. The molecule has 4 heteroatoms. The van der Waals surface area contributed by atoms with E-state index in [1.807, 2.05) is 29.8 Å². The van der Waals surface area contributed by atoms with Crippen LogP contribution in [0.4, 0.5) is 0 Å². The van der Waals surface area contributed by atoms with Crippen LogP contribution in [0.15, 0.2) is 28.9 Å². The lowest BCUT2D eigenvalue weighted by atomic mass is 10.3. The molecular weight excluding hydrogens is 192 g/mol. The van der Waals surface area contributed by atoms with Gasteiger partial charge in [0.1, 0.15) is 11.5 Å². The summed E-state index contributed by atoms with van der Waals surface area (Å²) >= 11 is 0. The van der Waals surface area contributed by atoms with Crippen molar-refractivity contribution in [1.29, 1.82) is 0 Å². The molecule has 2 aromatic rings. The van der Waals surface area contributed by atoms with Crippen LogP contribution in [0.1, 0.15) is 28.9 Å². The lowest BCUT2D eigenvalue weighted by molar-refractivity contribution is 0.100. The lowest BCUT2D eigenvalue weighted by Gasteiger charge is -2.03. The van der Waals surface area contributed by atoms with Crippen LogP contribution in [0, 0.1) is 6.92 Å². The Morgan fingerprint density at radius 1 is 1.60 bits per heavy atom. The second-order valence-electron chi connectivity index (χ2n) is 3.51. The summed E-state index contributed by atoms with van der Waals surface area (Å²) in [7, 11) is 0. The maximum Gasteiger partial charge on any atom is 0.176 e. The molecule has 2 rings (SSSR count). The van der Waals surface area contributed by atoms with Gasteiger partial charge in [-0.15, -0.1) is 0 Å². The second-order valence-corrected chi connectivity index (χ2v) is 3.51. The maximum atomic E-state index is 11.3. The zero-order chi connectivity index (χ0) is 10.8. The van der Waals surface area contributed by atoms with Crippen molar-refractivity contribution in [3.63, 3.8) is 0 Å². The quantitative estimate of drug-likeness (QED) is 0.719. The molecule has 0 spiro atoms. The van der Waals surface area contributed by atoms with E-state index in [1.54, 1.807) is 13.0 Å². The Labute approximate surface area is 87.5 Å². The largest absolute Gasteiger partial charge is 0.361 e. The molecule has 0 saturated heterocycles. The number of carbonyl (C=O) groups excluding carboxylic acids is 1. The fourth-order valence-corrected chi connectivity index (χ4v) is 1.54. The predicted octanol–water partition coefficient (Wildman–Crippen LogP) is 2.04. The molecule has 0 aliphatic heterocycles. The first-order chi connectivity index (χ1) is 7.16. The molecule has 2 aromatic heterocycles. The minimum absolute atomic E-state index is 0.0558. The Morgan fingerprint density at radius 2 is 2.40 bits per heavy atom. The van der Waals surface area contributed by atoms with Crippen molar-refractivity contribution < 1.29 is 9.32 Å². The van der Waals surface area contributed by atoms with Gasteiger partial charge in [0.25, 0.3) is 0 Å². The molecule has 2 heterocycles. The van der Waals surface area contributed by atoms with Crippen molar-refractivity contribution in [2.45, 2.75) is 20.4 Å². The first kappa shape index (κ1) is 9.71. The fraction of sp³-hybridized carbons (Fsp3) is 0.273. The van der Waals surface area contributed by atoms with Gasteiger partial charge in [0, 0.05) is 19.2 Å². The Morgan fingerprint density at radius 3 is 3.00 bits per heavy atom. The highest BCUT2D eigenvalue weighted by molar-refractivity contribution is 5.92. The van der Waals surface area contributed by atoms with Gasteiger partial charge < -0.3 is 9.09 Å². The summed E-state index contributed by atoms with van der Waals surface area (Å²) in [4.78, 5) is 11.3. The summed E-state index contributed by atoms with van der Waals surface area (Å²) in [6.07, 6.45) is 1.86. The van der Waals surface area contributed by atoms with E-state index in [-0.39, 0.29) is 5.78 Å². The molecule has 0 aromatic carbocycles. The van der Waals surface area contributed by atoms with Gasteiger partial charge in [-0.05, 0) is 19.1 Å². The molecule has 0 atom stereocenters. The van der Waals surface area contributed by atoms with Crippen molar-refractivity contribution >= 4 is 5.78 Å². The molecule has 0 radical (unpaired) electrons. The molecule has 0 bridgehead atoms. The SMILES string of the molecule is CC(=O)c1cccn1Cc1cc(C)on1. The van der Waals surface area contributed by atoms with E-state index >= 15 is 0 Å². The molecule has 0 fully saturated rings. The molecule has 78 valence electrons. The predicted molar refractivity (Wildman–Crippen MR) is 54.8 cm³/mol. The number of aryl methyl sites for hydroxylation is 1. The van der Waals surface area contributed by atoms with Gasteiger partial charge in [-0.25, -0.2) is 0 Å². The molecule has 0 aliphatic carbocycles. The third-order valence-corrected chi connectivity index (χ3v) is 2.20. The third kappa shape index (κ3) is 1.98. The number of carbonyl (C=O) groups is 1. The normalized spacial score (nSPS) is 10.5. The summed E-state index contributed by atoms with van der Waals surface area (Å²) < 4.78 is 6.83. The van der Waals surface area contributed by atoms with Crippen LogP contribution >= 0.6 is 0 Å². The first-order valence-electron chi connectivity index (χ1n) is 4.75. The van der Waals surface area contributed by atoms with Gasteiger partial charge in [0.15, 0.2) is 5.78 Å². The van der Waals surface area contributed by atoms with E-state index in [0.29, 0.717) is 12.2 Å². The van der Waals surface area contributed by atoms with Crippen LogP contribution in [0.2, 0.25) is 0 Å². The second kappa shape index (κ2) is 3.73. The van der Waals surface area contributed by atoms with Gasteiger partial charge >= 0.3 is 0 Å². The minimum Gasteiger partial charge on any atom is -0.361 e. The maximum absolute atomic E-state index is 11.3. The van der Waals surface area contributed by atoms with E-state index in [4.69, 9.17) is 4.52 Å². The summed E-state index contributed by atoms with van der Waals surface area (Å²) in [6, 6.07) is 5.52. The Hall–Kier alpha value is -1.84. The van der Waals surface area contributed by atoms with Crippen LogP contribution in [0.25, 0.3) is 0 Å². The zero-order valence-corrected chi connectivity index (χ0v) is 8.73. The van der Waals surface area contributed by atoms with Gasteiger partial charge in [0.05, 0.1) is 12.2 Å². The molecule has 0 aliphatic rings. The standard InChI is InChI=1S/C11H12N2O2/c1-8-6-10(12-15-8)7-13-5-3-4-11(13)9(2)14/h3-6H,7H2,1-2H3. The number of ketones is 1. The molecule has 4 nitrogen and oxygen atoms in total. The highest BCUT2D eigenvalue weighted by Crippen LogP contribution is 2.08. The van der Waals surface area contributed by atoms with Crippen molar-refractivity contribution in [3.05, 3.63) is 41.5 Å². The molecule has 0 amide bonds. The number of aromatic nitrogens is 2. The molecular formula is C11H12N2O2. The van der Waals surface area contributed by atoms with E-state index < -0.39 is 0 Å².